The largest absolute Gasteiger partial charge is 0.497 e. The second-order valence-electron chi connectivity index (χ2n) is 9.75. The van der Waals surface area contributed by atoms with Crippen LogP contribution in [0.3, 0.4) is 0 Å². The first-order valence-electron chi connectivity index (χ1n) is 13.1. The summed E-state index contributed by atoms with van der Waals surface area (Å²) in [6.07, 6.45) is 0.169. The molecule has 1 fully saturated rings. The van der Waals surface area contributed by atoms with E-state index in [4.69, 9.17) is 9.47 Å². The molecule has 0 spiro atoms. The van der Waals surface area contributed by atoms with Gasteiger partial charge in [-0.25, -0.2) is 0 Å². The van der Waals surface area contributed by atoms with E-state index in [-0.39, 0.29) is 19.4 Å². The number of benzene rings is 1. The topological polar surface area (TPSA) is 126 Å². The standard InChI is InChI=1S/C27H35F3N4O6/c1-39-21-8-6-19(7-9-21)15-22(25(37)31-20(17-35)14-18-4-2-3-5-18)32-26(38)24(27(28,29)30)33-23(36)16-34-10-12-40-13-11-34/h4,6-9,17,20,22,24H,2-3,5,10-16H2,1H3,(H,31,37)(H,32,38)(H,33,36)/t20-,22?,24?/m0/s1. The highest BCUT2D eigenvalue weighted by Crippen LogP contribution is 2.23. The number of nitrogens with one attached hydrogen (secondary N) is 3. The summed E-state index contributed by atoms with van der Waals surface area (Å²) in [5.41, 5.74) is 1.54. The van der Waals surface area contributed by atoms with Crippen molar-refractivity contribution in [2.24, 2.45) is 0 Å². The van der Waals surface area contributed by atoms with Crippen molar-refractivity contribution in [1.82, 2.24) is 20.9 Å². The number of methoxy groups -OCH3 is 1. The molecular weight excluding hydrogens is 533 g/mol. The smallest absolute Gasteiger partial charge is 0.417 e. The Morgan fingerprint density at radius 2 is 1.75 bits per heavy atom. The summed E-state index contributed by atoms with van der Waals surface area (Å²) in [7, 11) is 1.47. The molecule has 0 saturated carbocycles. The average molecular weight is 569 g/mol. The van der Waals surface area contributed by atoms with Gasteiger partial charge in [0.2, 0.25) is 17.9 Å². The van der Waals surface area contributed by atoms with E-state index in [1.54, 1.807) is 34.5 Å². The second kappa shape index (κ2) is 14.8. The second-order valence-corrected chi connectivity index (χ2v) is 9.75. The maximum Gasteiger partial charge on any atom is 0.417 e. The van der Waals surface area contributed by atoms with Gasteiger partial charge in [0.1, 0.15) is 18.1 Å². The highest BCUT2D eigenvalue weighted by atomic mass is 19.4. The van der Waals surface area contributed by atoms with Crippen LogP contribution in [0.1, 0.15) is 31.2 Å². The number of carbonyl (C=O) groups is 4. The van der Waals surface area contributed by atoms with Crippen molar-refractivity contribution in [3.05, 3.63) is 41.5 Å². The van der Waals surface area contributed by atoms with Crippen LogP contribution in [0.25, 0.3) is 0 Å². The molecule has 1 aliphatic carbocycles. The Hall–Kier alpha value is -3.45. The van der Waals surface area contributed by atoms with Crippen molar-refractivity contribution < 1.29 is 41.8 Å². The van der Waals surface area contributed by atoms with Crippen LogP contribution in [0.15, 0.2) is 35.9 Å². The fourth-order valence-electron chi connectivity index (χ4n) is 4.55. The highest BCUT2D eigenvalue weighted by molar-refractivity contribution is 5.93. The van der Waals surface area contributed by atoms with Crippen molar-refractivity contribution >= 4 is 24.0 Å². The Morgan fingerprint density at radius 3 is 2.33 bits per heavy atom. The SMILES string of the molecule is COc1ccc(CC(NC(=O)C(NC(=O)CN2CCOCC2)C(F)(F)F)C(=O)N[C@H](C=O)CC2=CCCC2)cc1. The Bertz CT molecular complexity index is 1060. The third-order valence-corrected chi connectivity index (χ3v) is 6.71. The first kappa shape index (κ1) is 31.1. The number of alkyl halides is 3. The van der Waals surface area contributed by atoms with E-state index in [1.807, 2.05) is 6.08 Å². The number of aldehydes is 1. The van der Waals surface area contributed by atoms with E-state index in [0.29, 0.717) is 43.9 Å². The lowest BCUT2D eigenvalue weighted by Crippen LogP contribution is -2.60. The van der Waals surface area contributed by atoms with Gasteiger partial charge < -0.3 is 30.2 Å². The zero-order valence-electron chi connectivity index (χ0n) is 22.3. The number of amides is 3. The van der Waals surface area contributed by atoms with Crippen LogP contribution in [0.4, 0.5) is 13.2 Å². The summed E-state index contributed by atoms with van der Waals surface area (Å²) in [4.78, 5) is 51.8. The summed E-state index contributed by atoms with van der Waals surface area (Å²) in [5.74, 6) is -2.86. The number of ether oxygens (including phenoxy) is 2. The van der Waals surface area contributed by atoms with Crippen molar-refractivity contribution in [3.8, 4) is 5.75 Å². The maximum atomic E-state index is 13.9. The quantitative estimate of drug-likeness (QED) is 0.242. The van der Waals surface area contributed by atoms with E-state index in [0.717, 1.165) is 24.8 Å². The van der Waals surface area contributed by atoms with Crippen LogP contribution >= 0.6 is 0 Å². The molecule has 1 saturated heterocycles. The minimum atomic E-state index is -5.12. The minimum Gasteiger partial charge on any atom is -0.497 e. The molecule has 220 valence electrons. The molecule has 2 unspecified atom stereocenters. The molecule has 2 aliphatic rings. The maximum absolute atomic E-state index is 13.9. The third kappa shape index (κ3) is 9.63. The fourth-order valence-corrected chi connectivity index (χ4v) is 4.55. The number of hydrogen-bond acceptors (Lipinski definition) is 7. The van der Waals surface area contributed by atoms with Crippen molar-refractivity contribution in [1.29, 1.82) is 0 Å². The molecule has 40 heavy (non-hydrogen) atoms. The first-order chi connectivity index (χ1) is 19.1. The van der Waals surface area contributed by atoms with E-state index in [1.165, 1.54) is 7.11 Å². The highest BCUT2D eigenvalue weighted by Gasteiger charge is 2.47. The van der Waals surface area contributed by atoms with Gasteiger partial charge in [-0.3, -0.25) is 19.3 Å². The third-order valence-electron chi connectivity index (χ3n) is 6.71. The zero-order valence-corrected chi connectivity index (χ0v) is 22.3. The van der Waals surface area contributed by atoms with E-state index >= 15 is 0 Å². The van der Waals surface area contributed by atoms with Gasteiger partial charge in [0.25, 0.3) is 5.91 Å². The van der Waals surface area contributed by atoms with Gasteiger partial charge in [0, 0.05) is 19.5 Å². The Kier molecular flexibility index (Phi) is 11.5. The number of morpholine rings is 1. The molecule has 3 N–H and O–H groups in total. The zero-order chi connectivity index (χ0) is 29.1. The van der Waals surface area contributed by atoms with Gasteiger partial charge in [-0.2, -0.15) is 13.2 Å². The summed E-state index contributed by atoms with van der Waals surface area (Å²) in [6.45, 7) is 1.09. The molecule has 1 aromatic carbocycles. The number of nitrogens with zero attached hydrogens (tertiary/aromatic N) is 1. The van der Waals surface area contributed by atoms with Gasteiger partial charge in [-0.15, -0.1) is 0 Å². The average Bonchev–Trinajstić information content (AvgIpc) is 3.44. The molecule has 10 nitrogen and oxygen atoms in total. The Labute approximate surface area is 230 Å². The number of allylic oxidation sites excluding steroid dienone is 1. The van der Waals surface area contributed by atoms with Gasteiger partial charge in [-0.1, -0.05) is 23.8 Å². The van der Waals surface area contributed by atoms with Crippen LogP contribution in [0.2, 0.25) is 0 Å². The molecule has 3 atom stereocenters. The lowest BCUT2D eigenvalue weighted by molar-refractivity contribution is -0.172. The molecule has 3 rings (SSSR count). The van der Waals surface area contributed by atoms with Crippen molar-refractivity contribution in [2.75, 3.05) is 40.0 Å². The van der Waals surface area contributed by atoms with E-state index in [9.17, 15) is 32.3 Å². The van der Waals surface area contributed by atoms with Gasteiger partial charge >= 0.3 is 6.18 Å². The molecule has 0 radical (unpaired) electrons. The van der Waals surface area contributed by atoms with Crippen LogP contribution in [-0.4, -0.2) is 93.2 Å². The molecule has 13 heteroatoms. The monoisotopic (exact) mass is 568 g/mol. The molecule has 0 bridgehead atoms. The molecule has 1 aromatic rings. The number of halogens is 3. The van der Waals surface area contributed by atoms with Gasteiger partial charge in [0.05, 0.1) is 32.9 Å². The summed E-state index contributed by atoms with van der Waals surface area (Å²) in [6, 6.07) is 1.20. The number of hydrogen-bond donors (Lipinski definition) is 3. The van der Waals surface area contributed by atoms with Gasteiger partial charge in [-0.05, 0) is 43.4 Å². The normalized spacial score (nSPS) is 18.1. The van der Waals surface area contributed by atoms with E-state index in [2.05, 4.69) is 10.6 Å². The summed E-state index contributed by atoms with van der Waals surface area (Å²) < 4.78 is 51.9. The lowest BCUT2D eigenvalue weighted by Gasteiger charge is -2.28. The molecule has 1 heterocycles. The van der Waals surface area contributed by atoms with Crippen LogP contribution in [-0.2, 0) is 30.3 Å². The van der Waals surface area contributed by atoms with E-state index < -0.39 is 42.0 Å². The minimum absolute atomic E-state index is 0.165. The molecular formula is C27H35F3N4O6. The van der Waals surface area contributed by atoms with Crippen molar-refractivity contribution in [3.63, 3.8) is 0 Å². The summed E-state index contributed by atoms with van der Waals surface area (Å²) >= 11 is 0. The summed E-state index contributed by atoms with van der Waals surface area (Å²) in [5, 5.41) is 6.45. The molecule has 0 aromatic heterocycles. The number of rotatable bonds is 13. The fraction of sp³-hybridized carbons (Fsp3) is 0.556. The Morgan fingerprint density at radius 1 is 1.05 bits per heavy atom. The molecule has 1 aliphatic heterocycles. The first-order valence-corrected chi connectivity index (χ1v) is 13.1. The van der Waals surface area contributed by atoms with Gasteiger partial charge in [0.15, 0.2) is 0 Å². The predicted octanol–water partition coefficient (Wildman–Crippen LogP) is 1.29. The van der Waals surface area contributed by atoms with Crippen molar-refractivity contribution in [2.45, 2.75) is 56.4 Å². The predicted molar refractivity (Wildman–Crippen MR) is 138 cm³/mol. The van der Waals surface area contributed by atoms with Crippen LogP contribution in [0, 0.1) is 0 Å². The van der Waals surface area contributed by atoms with Crippen LogP contribution in [0.5, 0.6) is 5.75 Å². The molecule has 3 amide bonds. The lowest BCUT2D eigenvalue weighted by atomic mass is 10.0. The Balaban J connectivity index is 1.74. The number of carbonyl (C=O) groups excluding carboxylic acids is 4. The van der Waals surface area contributed by atoms with Crippen LogP contribution < -0.4 is 20.7 Å².